The van der Waals surface area contributed by atoms with Crippen molar-refractivity contribution in [3.8, 4) is 0 Å². The fraction of sp³-hybridized carbons (Fsp3) is 0.692. The van der Waals surface area contributed by atoms with Gasteiger partial charge in [0.15, 0.2) is 0 Å². The quantitative estimate of drug-likeness (QED) is 0.758. The second-order valence-electron chi connectivity index (χ2n) is 5.46. The smallest absolute Gasteiger partial charge is 0.290 e. The Bertz CT molecular complexity index is 502. The largest absolute Gasteiger partial charge is 0.363 e. The van der Waals surface area contributed by atoms with E-state index in [4.69, 9.17) is 10.3 Å². The van der Waals surface area contributed by atoms with Crippen LogP contribution in [0.3, 0.4) is 0 Å². The highest BCUT2D eigenvalue weighted by Crippen LogP contribution is 2.19. The second-order valence-corrected chi connectivity index (χ2v) is 5.46. The monoisotopic (exact) mass is 295 g/mol. The molecule has 1 aliphatic heterocycles. The SMILES string of the molecule is CN1CCC[C@@H](CCC(=O)NCc2nc(C(N)=O)no2)C1. The van der Waals surface area contributed by atoms with Gasteiger partial charge in [-0.2, -0.15) is 4.98 Å². The Labute approximate surface area is 123 Å². The molecule has 0 radical (unpaired) electrons. The molecule has 2 heterocycles. The Morgan fingerprint density at radius 3 is 3.00 bits per heavy atom. The van der Waals surface area contributed by atoms with E-state index in [0.29, 0.717) is 12.3 Å². The van der Waals surface area contributed by atoms with Crippen molar-refractivity contribution >= 4 is 11.8 Å². The zero-order valence-corrected chi connectivity index (χ0v) is 12.2. The number of hydrogen-bond donors (Lipinski definition) is 2. The molecule has 1 aromatic heterocycles. The third-order valence-electron chi connectivity index (χ3n) is 3.63. The summed E-state index contributed by atoms with van der Waals surface area (Å²) in [5, 5.41) is 6.11. The van der Waals surface area contributed by atoms with Gasteiger partial charge in [0.1, 0.15) is 0 Å². The summed E-state index contributed by atoms with van der Waals surface area (Å²) in [5.41, 5.74) is 5.01. The van der Waals surface area contributed by atoms with E-state index in [9.17, 15) is 9.59 Å². The van der Waals surface area contributed by atoms with Gasteiger partial charge in [0.25, 0.3) is 11.7 Å². The highest BCUT2D eigenvalue weighted by Gasteiger charge is 2.18. The average molecular weight is 295 g/mol. The number of aromatic nitrogens is 2. The minimum absolute atomic E-state index is 0.0537. The number of piperidine rings is 1. The van der Waals surface area contributed by atoms with Gasteiger partial charge in [0.2, 0.25) is 11.8 Å². The lowest BCUT2D eigenvalue weighted by molar-refractivity contribution is -0.121. The van der Waals surface area contributed by atoms with Crippen LogP contribution in [0, 0.1) is 5.92 Å². The Kier molecular flexibility index (Phi) is 5.26. The number of carbonyl (C=O) groups excluding carboxylic acids is 2. The van der Waals surface area contributed by atoms with Crippen LogP contribution in [-0.4, -0.2) is 47.0 Å². The van der Waals surface area contributed by atoms with E-state index < -0.39 is 5.91 Å². The number of nitrogens with one attached hydrogen (secondary N) is 1. The minimum Gasteiger partial charge on any atom is -0.363 e. The highest BCUT2D eigenvalue weighted by molar-refractivity contribution is 5.88. The summed E-state index contributed by atoms with van der Waals surface area (Å²) < 4.78 is 4.80. The average Bonchev–Trinajstić information content (AvgIpc) is 2.92. The lowest BCUT2D eigenvalue weighted by Gasteiger charge is -2.29. The van der Waals surface area contributed by atoms with Crippen LogP contribution < -0.4 is 11.1 Å². The van der Waals surface area contributed by atoms with E-state index >= 15 is 0 Å². The summed E-state index contributed by atoms with van der Waals surface area (Å²) in [4.78, 5) is 28.6. The molecule has 1 atom stereocenters. The first kappa shape index (κ1) is 15.4. The Morgan fingerprint density at radius 1 is 1.52 bits per heavy atom. The van der Waals surface area contributed by atoms with Gasteiger partial charge < -0.3 is 20.5 Å². The number of carbonyl (C=O) groups is 2. The van der Waals surface area contributed by atoms with Crippen LogP contribution in [0.25, 0.3) is 0 Å². The van der Waals surface area contributed by atoms with Crippen molar-refractivity contribution < 1.29 is 14.1 Å². The summed E-state index contributed by atoms with van der Waals surface area (Å²) in [5.74, 6) is -0.224. The summed E-state index contributed by atoms with van der Waals surface area (Å²) in [6.07, 6.45) is 3.74. The maximum absolute atomic E-state index is 11.8. The molecule has 0 unspecified atom stereocenters. The number of likely N-dealkylation sites (tertiary alicyclic amines) is 1. The minimum atomic E-state index is -0.752. The molecule has 8 nitrogen and oxygen atoms in total. The van der Waals surface area contributed by atoms with E-state index in [0.717, 1.165) is 19.5 Å². The lowest BCUT2D eigenvalue weighted by atomic mass is 9.93. The molecule has 1 aliphatic rings. The first-order valence-electron chi connectivity index (χ1n) is 7.12. The maximum atomic E-state index is 11.8. The number of nitrogens with two attached hydrogens (primary N) is 1. The van der Waals surface area contributed by atoms with Crippen LogP contribution in [0.1, 0.15) is 42.2 Å². The van der Waals surface area contributed by atoms with E-state index in [1.165, 1.54) is 12.8 Å². The molecule has 0 saturated carbocycles. The van der Waals surface area contributed by atoms with Crippen LogP contribution in [-0.2, 0) is 11.3 Å². The zero-order valence-electron chi connectivity index (χ0n) is 12.2. The first-order valence-corrected chi connectivity index (χ1v) is 7.12. The predicted octanol–water partition coefficient (Wildman–Crippen LogP) is -0.0933. The Morgan fingerprint density at radius 2 is 2.33 bits per heavy atom. The zero-order chi connectivity index (χ0) is 15.2. The molecule has 0 bridgehead atoms. The molecular formula is C13H21N5O3. The predicted molar refractivity (Wildman–Crippen MR) is 74.1 cm³/mol. The van der Waals surface area contributed by atoms with Crippen molar-refractivity contribution in [1.29, 1.82) is 0 Å². The molecular weight excluding hydrogens is 274 g/mol. The summed E-state index contributed by atoms with van der Waals surface area (Å²) in [6, 6.07) is 0. The summed E-state index contributed by atoms with van der Waals surface area (Å²) in [6.45, 7) is 2.31. The van der Waals surface area contributed by atoms with Crippen molar-refractivity contribution in [2.24, 2.45) is 11.7 Å². The van der Waals surface area contributed by atoms with E-state index in [2.05, 4.69) is 27.4 Å². The van der Waals surface area contributed by atoms with Crippen LogP contribution >= 0.6 is 0 Å². The summed E-state index contributed by atoms with van der Waals surface area (Å²) >= 11 is 0. The van der Waals surface area contributed by atoms with Crippen LogP contribution in [0.2, 0.25) is 0 Å². The van der Waals surface area contributed by atoms with Crippen molar-refractivity contribution in [2.75, 3.05) is 20.1 Å². The van der Waals surface area contributed by atoms with Gasteiger partial charge in [-0.05, 0) is 38.8 Å². The normalized spacial score (nSPS) is 19.4. The topological polar surface area (TPSA) is 114 Å². The van der Waals surface area contributed by atoms with Crippen LogP contribution in [0.5, 0.6) is 0 Å². The van der Waals surface area contributed by atoms with Crippen LogP contribution in [0.15, 0.2) is 4.52 Å². The molecule has 0 aromatic carbocycles. The van der Waals surface area contributed by atoms with Gasteiger partial charge in [-0.25, -0.2) is 0 Å². The van der Waals surface area contributed by atoms with Gasteiger partial charge in [0.05, 0.1) is 6.54 Å². The molecule has 3 N–H and O–H groups in total. The number of hydrogen-bond acceptors (Lipinski definition) is 6. The molecule has 1 saturated heterocycles. The van der Waals surface area contributed by atoms with Crippen molar-refractivity contribution in [1.82, 2.24) is 20.4 Å². The van der Waals surface area contributed by atoms with Crippen molar-refractivity contribution in [3.05, 3.63) is 11.7 Å². The Balaban J connectivity index is 1.68. The molecule has 116 valence electrons. The molecule has 2 amide bonds. The molecule has 1 fully saturated rings. The molecule has 2 rings (SSSR count). The molecule has 8 heteroatoms. The second kappa shape index (κ2) is 7.16. The third-order valence-corrected chi connectivity index (χ3v) is 3.63. The van der Waals surface area contributed by atoms with Gasteiger partial charge in [-0.15, -0.1) is 0 Å². The number of rotatable bonds is 6. The maximum Gasteiger partial charge on any atom is 0.290 e. The number of amides is 2. The van der Waals surface area contributed by atoms with Gasteiger partial charge in [-0.3, -0.25) is 9.59 Å². The van der Waals surface area contributed by atoms with Crippen molar-refractivity contribution in [2.45, 2.75) is 32.2 Å². The van der Waals surface area contributed by atoms with Crippen LogP contribution in [0.4, 0.5) is 0 Å². The molecule has 0 aliphatic carbocycles. The number of primary amides is 1. The van der Waals surface area contributed by atoms with E-state index in [1.807, 2.05) is 0 Å². The molecule has 0 spiro atoms. The van der Waals surface area contributed by atoms with Gasteiger partial charge >= 0.3 is 0 Å². The van der Waals surface area contributed by atoms with E-state index in [1.54, 1.807) is 0 Å². The number of nitrogens with zero attached hydrogens (tertiary/aromatic N) is 3. The van der Waals surface area contributed by atoms with Gasteiger partial charge in [-0.1, -0.05) is 5.16 Å². The standard InChI is InChI=1S/C13H21N5O3/c1-18-6-2-3-9(8-18)4-5-10(19)15-7-11-16-13(12(14)20)17-21-11/h9H,2-8H2,1H3,(H2,14,20)(H,15,19)/t9-/m0/s1. The summed E-state index contributed by atoms with van der Waals surface area (Å²) in [7, 11) is 2.11. The fourth-order valence-corrected chi connectivity index (χ4v) is 2.53. The van der Waals surface area contributed by atoms with Crippen molar-refractivity contribution in [3.63, 3.8) is 0 Å². The molecule has 21 heavy (non-hydrogen) atoms. The Hall–Kier alpha value is -1.96. The lowest BCUT2D eigenvalue weighted by Crippen LogP contribution is -2.33. The fourth-order valence-electron chi connectivity index (χ4n) is 2.53. The highest BCUT2D eigenvalue weighted by atomic mass is 16.5. The van der Waals surface area contributed by atoms with E-state index in [-0.39, 0.29) is 24.2 Å². The molecule has 1 aromatic rings. The first-order chi connectivity index (χ1) is 10.0. The van der Waals surface area contributed by atoms with Gasteiger partial charge in [0, 0.05) is 13.0 Å². The third kappa shape index (κ3) is 4.82.